The molecule has 0 aromatic carbocycles. The molecule has 4 atom stereocenters. The zero-order chi connectivity index (χ0) is 15.1. The molecule has 1 aliphatic rings. The lowest BCUT2D eigenvalue weighted by Gasteiger charge is -2.36. The molecule has 0 aromatic heterocycles. The Morgan fingerprint density at radius 1 is 1.40 bits per heavy atom. The van der Waals surface area contributed by atoms with Crippen LogP contribution in [0.3, 0.4) is 0 Å². The quantitative estimate of drug-likeness (QED) is 0.548. The maximum Gasteiger partial charge on any atom is 0.305 e. The Bertz CT molecular complexity index is 335. The van der Waals surface area contributed by atoms with Crippen LogP contribution in [0.5, 0.6) is 0 Å². The van der Waals surface area contributed by atoms with Gasteiger partial charge in [-0.1, -0.05) is 26.2 Å². The number of aliphatic carboxylic acids is 1. The van der Waals surface area contributed by atoms with Crippen molar-refractivity contribution in [2.75, 3.05) is 0 Å². The first kappa shape index (κ1) is 16.9. The highest BCUT2D eigenvalue weighted by Gasteiger charge is 2.34. The molecule has 6 nitrogen and oxygen atoms in total. The van der Waals surface area contributed by atoms with E-state index in [0.29, 0.717) is 6.42 Å². The lowest BCUT2D eigenvalue weighted by molar-refractivity contribution is -0.139. The van der Waals surface area contributed by atoms with Crippen molar-refractivity contribution in [1.82, 2.24) is 5.32 Å². The van der Waals surface area contributed by atoms with E-state index in [1.165, 1.54) is 0 Å². The Balaban J connectivity index is 2.59. The maximum absolute atomic E-state index is 11.9. The lowest BCUT2D eigenvalue weighted by atomic mass is 9.79. The number of rotatable bonds is 7. The second kappa shape index (κ2) is 8.21. The summed E-state index contributed by atoms with van der Waals surface area (Å²) in [5.74, 6) is -1.33. The van der Waals surface area contributed by atoms with Crippen LogP contribution in [0.2, 0.25) is 0 Å². The number of nitrogens with one attached hydrogen (secondary N) is 1. The summed E-state index contributed by atoms with van der Waals surface area (Å²) in [4.78, 5) is 22.5. The van der Waals surface area contributed by atoms with E-state index in [0.717, 1.165) is 32.1 Å². The summed E-state index contributed by atoms with van der Waals surface area (Å²) in [5.41, 5.74) is 5.55. The fourth-order valence-corrected chi connectivity index (χ4v) is 2.82. The van der Waals surface area contributed by atoms with Crippen LogP contribution >= 0.6 is 0 Å². The molecule has 0 aliphatic heterocycles. The molecular weight excluding hydrogens is 260 g/mol. The summed E-state index contributed by atoms with van der Waals surface area (Å²) in [6, 6.07) is -1.36. The molecule has 1 rings (SSSR count). The summed E-state index contributed by atoms with van der Waals surface area (Å²) in [5, 5.41) is 21.5. The minimum absolute atomic E-state index is 0.250. The van der Waals surface area contributed by atoms with Gasteiger partial charge in [0.25, 0.3) is 0 Å². The predicted octanol–water partition coefficient (Wildman–Crippen LogP) is 0.624. The van der Waals surface area contributed by atoms with Gasteiger partial charge >= 0.3 is 5.97 Å². The van der Waals surface area contributed by atoms with E-state index in [9.17, 15) is 14.7 Å². The molecule has 1 saturated carbocycles. The number of amides is 1. The topological polar surface area (TPSA) is 113 Å². The highest BCUT2D eigenvalue weighted by atomic mass is 16.4. The largest absolute Gasteiger partial charge is 0.481 e. The molecule has 0 heterocycles. The highest BCUT2D eigenvalue weighted by Crippen LogP contribution is 2.29. The summed E-state index contributed by atoms with van der Waals surface area (Å²) in [6.07, 6.45) is 4.75. The van der Waals surface area contributed by atoms with Crippen LogP contribution in [0.4, 0.5) is 0 Å². The molecular formula is C14H26N2O4. The van der Waals surface area contributed by atoms with Crippen LogP contribution in [0.1, 0.15) is 51.9 Å². The summed E-state index contributed by atoms with van der Waals surface area (Å²) >= 11 is 0. The molecule has 1 fully saturated rings. The smallest absolute Gasteiger partial charge is 0.305 e. The molecule has 116 valence electrons. The third-order valence-electron chi connectivity index (χ3n) is 3.97. The zero-order valence-corrected chi connectivity index (χ0v) is 12.0. The number of aliphatic hydroxyl groups is 1. The van der Waals surface area contributed by atoms with E-state index in [4.69, 9.17) is 10.8 Å². The van der Waals surface area contributed by atoms with Gasteiger partial charge in [0.05, 0.1) is 24.6 Å². The zero-order valence-electron chi connectivity index (χ0n) is 12.0. The van der Waals surface area contributed by atoms with Crippen LogP contribution in [-0.2, 0) is 9.59 Å². The minimum atomic E-state index is -1.10. The molecule has 20 heavy (non-hydrogen) atoms. The Labute approximate surface area is 119 Å². The maximum atomic E-state index is 11.9. The Morgan fingerprint density at radius 3 is 2.70 bits per heavy atom. The van der Waals surface area contributed by atoms with E-state index in [-0.39, 0.29) is 12.0 Å². The summed E-state index contributed by atoms with van der Waals surface area (Å²) in [6.45, 7) is 2.11. The lowest BCUT2D eigenvalue weighted by Crippen LogP contribution is -2.54. The average molecular weight is 286 g/mol. The molecule has 6 heteroatoms. The van der Waals surface area contributed by atoms with Crippen molar-refractivity contribution < 1.29 is 19.8 Å². The van der Waals surface area contributed by atoms with Crippen molar-refractivity contribution in [2.24, 2.45) is 11.7 Å². The first-order chi connectivity index (χ1) is 9.45. The number of hydrogen-bond acceptors (Lipinski definition) is 4. The van der Waals surface area contributed by atoms with Crippen LogP contribution < -0.4 is 11.1 Å². The molecule has 5 N–H and O–H groups in total. The third-order valence-corrected chi connectivity index (χ3v) is 3.97. The number of carbonyl (C=O) groups excluding carboxylic acids is 1. The van der Waals surface area contributed by atoms with Crippen molar-refractivity contribution in [3.05, 3.63) is 0 Å². The van der Waals surface area contributed by atoms with Gasteiger partial charge in [-0.3, -0.25) is 9.59 Å². The van der Waals surface area contributed by atoms with Gasteiger partial charge in [0.1, 0.15) is 0 Å². The SMILES string of the molecule is CCCCC1CCCC(O)C1NC(=O)[C@@H](N)CC(=O)O. The van der Waals surface area contributed by atoms with Gasteiger partial charge in [-0.2, -0.15) is 0 Å². The van der Waals surface area contributed by atoms with E-state index >= 15 is 0 Å². The first-order valence-electron chi connectivity index (χ1n) is 7.41. The van der Waals surface area contributed by atoms with Gasteiger partial charge < -0.3 is 21.3 Å². The summed E-state index contributed by atoms with van der Waals surface area (Å²) < 4.78 is 0. The monoisotopic (exact) mass is 286 g/mol. The molecule has 0 spiro atoms. The fraction of sp³-hybridized carbons (Fsp3) is 0.857. The van der Waals surface area contributed by atoms with E-state index in [1.54, 1.807) is 0 Å². The van der Waals surface area contributed by atoms with E-state index in [1.807, 2.05) is 0 Å². The van der Waals surface area contributed by atoms with Crippen LogP contribution in [0, 0.1) is 5.92 Å². The van der Waals surface area contributed by atoms with Crippen molar-refractivity contribution in [1.29, 1.82) is 0 Å². The predicted molar refractivity (Wildman–Crippen MR) is 75.0 cm³/mol. The highest BCUT2D eigenvalue weighted by molar-refractivity contribution is 5.86. The van der Waals surface area contributed by atoms with Gasteiger partial charge in [0.2, 0.25) is 5.91 Å². The first-order valence-corrected chi connectivity index (χ1v) is 7.41. The van der Waals surface area contributed by atoms with E-state index in [2.05, 4.69) is 12.2 Å². The average Bonchev–Trinajstić information content (AvgIpc) is 2.38. The fourth-order valence-electron chi connectivity index (χ4n) is 2.82. The standard InChI is InChI=1S/C14H26N2O4/c1-2-3-5-9-6-4-7-11(17)13(9)16-14(20)10(15)8-12(18)19/h9-11,13,17H,2-8,15H2,1H3,(H,16,20)(H,18,19)/t9?,10-,11?,13?/m0/s1. The van der Waals surface area contributed by atoms with Gasteiger partial charge in [-0.15, -0.1) is 0 Å². The Hall–Kier alpha value is -1.14. The van der Waals surface area contributed by atoms with Crippen molar-refractivity contribution in [3.63, 3.8) is 0 Å². The van der Waals surface area contributed by atoms with Gasteiger partial charge in [0, 0.05) is 0 Å². The molecule has 1 aliphatic carbocycles. The van der Waals surface area contributed by atoms with Crippen LogP contribution in [-0.4, -0.2) is 40.3 Å². The Morgan fingerprint density at radius 2 is 2.10 bits per heavy atom. The van der Waals surface area contributed by atoms with Crippen molar-refractivity contribution >= 4 is 11.9 Å². The van der Waals surface area contributed by atoms with Gasteiger partial charge in [-0.25, -0.2) is 0 Å². The second-order valence-electron chi connectivity index (χ2n) is 5.64. The molecule has 0 aromatic rings. The molecule has 0 radical (unpaired) electrons. The number of carboxylic acids is 1. The van der Waals surface area contributed by atoms with Crippen molar-refractivity contribution in [2.45, 2.75) is 70.1 Å². The number of unbranched alkanes of at least 4 members (excludes halogenated alkanes) is 1. The number of aliphatic hydroxyl groups excluding tert-OH is 1. The van der Waals surface area contributed by atoms with Crippen molar-refractivity contribution in [3.8, 4) is 0 Å². The normalized spacial score (nSPS) is 27.9. The number of nitrogens with two attached hydrogens (primary N) is 1. The van der Waals surface area contributed by atoms with Crippen LogP contribution in [0.25, 0.3) is 0 Å². The van der Waals surface area contributed by atoms with Gasteiger partial charge in [0.15, 0.2) is 0 Å². The minimum Gasteiger partial charge on any atom is -0.481 e. The third kappa shape index (κ3) is 5.09. The molecule has 3 unspecified atom stereocenters. The number of carboxylic acid groups (broad SMARTS) is 1. The second-order valence-corrected chi connectivity index (χ2v) is 5.64. The Kier molecular flexibility index (Phi) is 6.95. The molecule has 1 amide bonds. The number of carbonyl (C=O) groups is 2. The van der Waals surface area contributed by atoms with Gasteiger partial charge in [-0.05, 0) is 25.2 Å². The van der Waals surface area contributed by atoms with E-state index < -0.39 is 30.4 Å². The molecule has 0 saturated heterocycles. The number of hydrogen-bond donors (Lipinski definition) is 4. The molecule has 0 bridgehead atoms. The van der Waals surface area contributed by atoms with Crippen LogP contribution in [0.15, 0.2) is 0 Å². The summed E-state index contributed by atoms with van der Waals surface area (Å²) in [7, 11) is 0.